The molecule has 11 N–H and O–H groups in total. The molecule has 0 saturated carbocycles. The molecule has 5 atom stereocenters. The number of fused-ring (bicyclic) bond motifs is 2. The summed E-state index contributed by atoms with van der Waals surface area (Å²) in [7, 11) is 0. The molecular formula is C30H26O13. The highest BCUT2D eigenvalue weighted by molar-refractivity contribution is 5.66. The van der Waals surface area contributed by atoms with Gasteiger partial charge in [-0.1, -0.05) is 6.07 Å². The van der Waals surface area contributed by atoms with Crippen LogP contribution >= 0.6 is 0 Å². The molecule has 43 heavy (non-hydrogen) atoms. The van der Waals surface area contributed by atoms with Gasteiger partial charge in [-0.3, -0.25) is 0 Å². The van der Waals surface area contributed by atoms with Crippen molar-refractivity contribution in [1.82, 2.24) is 0 Å². The molecule has 0 saturated heterocycles. The molecule has 4 aromatic carbocycles. The fourth-order valence-corrected chi connectivity index (χ4v) is 5.78. The number of hydrogen-bond acceptors (Lipinski definition) is 13. The Kier molecular flexibility index (Phi) is 6.36. The fraction of sp³-hybridized carbons (Fsp3) is 0.200. The van der Waals surface area contributed by atoms with Gasteiger partial charge in [0.25, 0.3) is 0 Å². The third-order valence-corrected chi connectivity index (χ3v) is 7.77. The second-order valence-electron chi connectivity index (χ2n) is 10.5. The van der Waals surface area contributed by atoms with E-state index in [0.717, 1.165) is 30.3 Å². The maximum atomic E-state index is 11.8. The summed E-state index contributed by atoms with van der Waals surface area (Å²) in [6, 6.07) is 8.92. The zero-order valence-electron chi connectivity index (χ0n) is 21.9. The number of aliphatic hydroxyl groups excluding tert-OH is 2. The molecule has 0 radical (unpaired) electrons. The first kappa shape index (κ1) is 27.8. The number of hydrogen-bond donors (Lipinski definition) is 11. The summed E-state index contributed by atoms with van der Waals surface area (Å²) >= 11 is 0. The van der Waals surface area contributed by atoms with Gasteiger partial charge in [0.15, 0.2) is 41.0 Å². The van der Waals surface area contributed by atoms with Gasteiger partial charge in [-0.15, -0.1) is 0 Å². The topological polar surface area (TPSA) is 241 Å². The van der Waals surface area contributed by atoms with Crippen molar-refractivity contribution in [1.29, 1.82) is 0 Å². The van der Waals surface area contributed by atoms with E-state index >= 15 is 0 Å². The van der Waals surface area contributed by atoms with Crippen LogP contribution in [0.2, 0.25) is 0 Å². The summed E-state index contributed by atoms with van der Waals surface area (Å²) in [5, 5.41) is 116. The summed E-state index contributed by atoms with van der Waals surface area (Å²) in [4.78, 5) is 0. The molecule has 0 bridgehead atoms. The van der Waals surface area contributed by atoms with E-state index in [-0.39, 0.29) is 51.5 Å². The van der Waals surface area contributed by atoms with Gasteiger partial charge >= 0.3 is 0 Å². The molecule has 224 valence electrons. The lowest BCUT2D eigenvalue weighted by Gasteiger charge is -2.40. The van der Waals surface area contributed by atoms with Crippen molar-refractivity contribution in [2.24, 2.45) is 0 Å². The third-order valence-electron chi connectivity index (χ3n) is 7.77. The highest BCUT2D eigenvalue weighted by atomic mass is 16.5. The Morgan fingerprint density at radius 3 is 1.88 bits per heavy atom. The Morgan fingerprint density at radius 1 is 0.558 bits per heavy atom. The fourth-order valence-electron chi connectivity index (χ4n) is 5.78. The van der Waals surface area contributed by atoms with Crippen molar-refractivity contribution in [3.63, 3.8) is 0 Å². The van der Waals surface area contributed by atoms with Crippen molar-refractivity contribution in [3.05, 3.63) is 76.3 Å². The minimum atomic E-state index is -1.64. The van der Waals surface area contributed by atoms with Crippen molar-refractivity contribution in [2.75, 3.05) is 0 Å². The molecule has 1 unspecified atom stereocenters. The largest absolute Gasteiger partial charge is 0.508 e. The molecule has 6 rings (SSSR count). The van der Waals surface area contributed by atoms with Gasteiger partial charge in [-0.25, -0.2) is 0 Å². The van der Waals surface area contributed by atoms with Gasteiger partial charge in [0.1, 0.15) is 40.6 Å². The van der Waals surface area contributed by atoms with E-state index in [1.165, 1.54) is 18.2 Å². The first-order valence-electron chi connectivity index (χ1n) is 12.9. The molecule has 13 heteroatoms. The van der Waals surface area contributed by atoms with Crippen LogP contribution in [0.15, 0.2) is 48.5 Å². The number of ether oxygens (including phenoxy) is 2. The molecule has 2 aliphatic heterocycles. The Balaban J connectivity index is 1.56. The predicted molar refractivity (Wildman–Crippen MR) is 145 cm³/mol. The summed E-state index contributed by atoms with van der Waals surface area (Å²) in [5.74, 6) is -6.77. The normalized spacial score (nSPS) is 22.6. The standard InChI is InChI=1S/C30H26O13/c31-12-6-17(35)23-22(7-12)42-29(10-1-2-14(32)16(34)3-10)27(41)25(23)24-18(36)9-15(33)13-8-21(39)28(43-30(13)24)11-4-19(37)26(40)20(38)5-11/h1-7,9,21,25,27-29,31-41H,8H2/t21-,25?,27-,28+,29+/m1/s1. The van der Waals surface area contributed by atoms with Crippen LogP contribution in [0.4, 0.5) is 0 Å². The molecule has 0 amide bonds. The van der Waals surface area contributed by atoms with Gasteiger partial charge in [0.2, 0.25) is 0 Å². The molecule has 2 aliphatic rings. The van der Waals surface area contributed by atoms with Gasteiger partial charge in [-0.2, -0.15) is 0 Å². The Labute approximate surface area is 242 Å². The van der Waals surface area contributed by atoms with E-state index < -0.39 is 76.3 Å². The molecule has 0 aromatic heterocycles. The van der Waals surface area contributed by atoms with Crippen LogP contribution in [-0.2, 0) is 6.42 Å². The van der Waals surface area contributed by atoms with E-state index in [9.17, 15) is 56.2 Å². The molecule has 0 fully saturated rings. The predicted octanol–water partition coefficient (Wildman–Crippen LogP) is 2.70. The second kappa shape index (κ2) is 9.86. The first-order chi connectivity index (χ1) is 20.3. The Bertz CT molecular complexity index is 1750. The maximum absolute atomic E-state index is 11.8. The maximum Gasteiger partial charge on any atom is 0.200 e. The van der Waals surface area contributed by atoms with Crippen LogP contribution in [0.3, 0.4) is 0 Å². The molecular weight excluding hydrogens is 568 g/mol. The number of aliphatic hydroxyl groups is 2. The van der Waals surface area contributed by atoms with E-state index in [1.807, 2.05) is 0 Å². The number of benzene rings is 4. The van der Waals surface area contributed by atoms with Gasteiger partial charge in [0, 0.05) is 46.9 Å². The second-order valence-corrected chi connectivity index (χ2v) is 10.5. The average Bonchev–Trinajstić information content (AvgIpc) is 2.94. The van der Waals surface area contributed by atoms with Crippen LogP contribution in [0.25, 0.3) is 0 Å². The number of phenols is 9. The van der Waals surface area contributed by atoms with Gasteiger partial charge in [0.05, 0.1) is 12.0 Å². The van der Waals surface area contributed by atoms with Crippen molar-refractivity contribution in [3.8, 4) is 63.2 Å². The van der Waals surface area contributed by atoms with Crippen LogP contribution in [0, 0.1) is 0 Å². The quantitative estimate of drug-likeness (QED) is 0.153. The average molecular weight is 595 g/mol. The van der Waals surface area contributed by atoms with E-state index in [1.54, 1.807) is 0 Å². The summed E-state index contributed by atoms with van der Waals surface area (Å²) in [6.45, 7) is 0. The highest BCUT2D eigenvalue weighted by Crippen LogP contribution is 2.57. The molecule has 0 spiro atoms. The van der Waals surface area contributed by atoms with Crippen LogP contribution in [0.1, 0.15) is 45.9 Å². The summed E-state index contributed by atoms with van der Waals surface area (Å²) in [5.41, 5.74) is 0.0126. The Hall–Kier alpha value is -5.40. The van der Waals surface area contributed by atoms with Crippen molar-refractivity contribution < 1.29 is 65.6 Å². The number of rotatable bonds is 3. The molecule has 13 nitrogen and oxygen atoms in total. The SMILES string of the molecule is Oc1cc(O)c2c(c1)O[C@@H](c1ccc(O)c(O)c1)[C@H](O)C2c1c(O)cc(O)c2c1O[C@@H](c1cc(O)c(O)c(O)c1)[C@H](O)C2. The number of aromatic hydroxyl groups is 9. The number of phenolic OH excluding ortho intramolecular Hbond substituents is 9. The minimum absolute atomic E-state index is 0.0258. The van der Waals surface area contributed by atoms with E-state index in [2.05, 4.69) is 0 Å². The van der Waals surface area contributed by atoms with Crippen molar-refractivity contribution >= 4 is 0 Å². The van der Waals surface area contributed by atoms with Gasteiger partial charge < -0.3 is 65.6 Å². The van der Waals surface area contributed by atoms with E-state index in [4.69, 9.17) is 9.47 Å². The third kappa shape index (κ3) is 4.42. The zero-order chi connectivity index (χ0) is 30.9. The summed E-state index contributed by atoms with van der Waals surface area (Å²) < 4.78 is 12.0. The van der Waals surface area contributed by atoms with Crippen molar-refractivity contribution in [2.45, 2.75) is 36.8 Å². The lowest BCUT2D eigenvalue weighted by atomic mass is 9.77. The first-order valence-corrected chi connectivity index (χ1v) is 12.9. The van der Waals surface area contributed by atoms with Crippen LogP contribution < -0.4 is 9.47 Å². The Morgan fingerprint density at radius 2 is 1.21 bits per heavy atom. The van der Waals surface area contributed by atoms with Gasteiger partial charge in [-0.05, 0) is 29.8 Å². The van der Waals surface area contributed by atoms with E-state index in [0.29, 0.717) is 0 Å². The summed E-state index contributed by atoms with van der Waals surface area (Å²) in [6.07, 6.45) is -5.87. The highest BCUT2D eigenvalue weighted by Gasteiger charge is 2.46. The minimum Gasteiger partial charge on any atom is -0.508 e. The molecule has 0 aliphatic carbocycles. The van der Waals surface area contributed by atoms with Crippen LogP contribution in [0.5, 0.6) is 63.2 Å². The van der Waals surface area contributed by atoms with Crippen LogP contribution in [-0.4, -0.2) is 68.4 Å². The molecule has 4 aromatic rings. The molecule has 2 heterocycles. The lowest BCUT2D eigenvalue weighted by molar-refractivity contribution is 0.00113. The lowest BCUT2D eigenvalue weighted by Crippen LogP contribution is -2.36. The monoisotopic (exact) mass is 594 g/mol. The smallest absolute Gasteiger partial charge is 0.200 e. The zero-order valence-corrected chi connectivity index (χ0v) is 21.9.